The maximum atomic E-state index is 6.08. The first-order chi connectivity index (χ1) is 8.16. The Balaban J connectivity index is 2.27. The summed E-state index contributed by atoms with van der Waals surface area (Å²) in [4.78, 5) is 4.43. The molecule has 0 spiro atoms. The van der Waals surface area contributed by atoms with Crippen LogP contribution in [0.25, 0.3) is 11.0 Å². The van der Waals surface area contributed by atoms with E-state index >= 15 is 0 Å². The second-order valence-corrected chi connectivity index (χ2v) is 5.31. The second kappa shape index (κ2) is 3.64. The zero-order valence-corrected chi connectivity index (χ0v) is 10.7. The molecule has 0 aliphatic heterocycles. The van der Waals surface area contributed by atoms with Gasteiger partial charge in [0.05, 0.1) is 11.0 Å². The van der Waals surface area contributed by atoms with Crippen LogP contribution < -0.4 is 5.73 Å². The molecule has 2 N–H and O–H groups in total. The van der Waals surface area contributed by atoms with Crippen molar-refractivity contribution in [1.29, 1.82) is 0 Å². The summed E-state index contributed by atoms with van der Waals surface area (Å²) in [5.74, 6) is 0.615. The molecule has 0 amide bonds. The molecule has 0 unspecified atom stereocenters. The highest BCUT2D eigenvalue weighted by Crippen LogP contribution is 2.45. The summed E-state index contributed by atoms with van der Waals surface area (Å²) in [5, 5.41) is 0.740. The SMILES string of the molecule is CCC1(n2c(N)nc3ccc(Cl)cc32)CCC1. The minimum absolute atomic E-state index is 0.170. The van der Waals surface area contributed by atoms with Gasteiger partial charge >= 0.3 is 0 Å². The summed E-state index contributed by atoms with van der Waals surface area (Å²) in [6.45, 7) is 2.22. The van der Waals surface area contributed by atoms with Crippen LogP contribution in [0.5, 0.6) is 0 Å². The Morgan fingerprint density at radius 2 is 2.24 bits per heavy atom. The van der Waals surface area contributed by atoms with Gasteiger partial charge in [-0.1, -0.05) is 18.5 Å². The van der Waals surface area contributed by atoms with Crippen LogP contribution in [0.4, 0.5) is 5.95 Å². The van der Waals surface area contributed by atoms with Crippen molar-refractivity contribution < 1.29 is 0 Å². The highest BCUT2D eigenvalue weighted by molar-refractivity contribution is 6.31. The topological polar surface area (TPSA) is 43.8 Å². The fourth-order valence-corrected chi connectivity index (χ4v) is 3.05. The lowest BCUT2D eigenvalue weighted by Gasteiger charge is -2.43. The van der Waals surface area contributed by atoms with Gasteiger partial charge in [0.2, 0.25) is 5.95 Å². The molecule has 4 heteroatoms. The van der Waals surface area contributed by atoms with E-state index in [9.17, 15) is 0 Å². The number of anilines is 1. The number of nitrogens with two attached hydrogens (primary N) is 1. The number of benzene rings is 1. The van der Waals surface area contributed by atoms with Crippen LogP contribution in [0.1, 0.15) is 32.6 Å². The predicted molar refractivity (Wildman–Crippen MR) is 71.3 cm³/mol. The van der Waals surface area contributed by atoms with Crippen molar-refractivity contribution in [2.45, 2.75) is 38.1 Å². The zero-order valence-electron chi connectivity index (χ0n) is 9.91. The normalized spacial score (nSPS) is 18.2. The number of rotatable bonds is 2. The number of halogens is 1. The average molecular weight is 250 g/mol. The lowest BCUT2D eigenvalue weighted by Crippen LogP contribution is -2.40. The highest BCUT2D eigenvalue weighted by atomic mass is 35.5. The van der Waals surface area contributed by atoms with Gasteiger partial charge in [0.25, 0.3) is 0 Å². The van der Waals surface area contributed by atoms with Gasteiger partial charge < -0.3 is 10.3 Å². The maximum absolute atomic E-state index is 6.08. The summed E-state index contributed by atoms with van der Waals surface area (Å²) >= 11 is 6.07. The largest absolute Gasteiger partial charge is 0.369 e. The summed E-state index contributed by atoms with van der Waals surface area (Å²) < 4.78 is 2.19. The third-order valence-corrected chi connectivity index (χ3v) is 4.29. The van der Waals surface area contributed by atoms with Crippen LogP contribution in [0.2, 0.25) is 5.02 Å². The Bertz CT molecular complexity index is 564. The minimum Gasteiger partial charge on any atom is -0.369 e. The Hall–Kier alpha value is -1.22. The number of fused-ring (bicyclic) bond motifs is 1. The molecule has 0 bridgehead atoms. The van der Waals surface area contributed by atoms with Crippen LogP contribution in [0, 0.1) is 0 Å². The third kappa shape index (κ3) is 1.45. The molecule has 17 heavy (non-hydrogen) atoms. The van der Waals surface area contributed by atoms with E-state index in [-0.39, 0.29) is 5.54 Å². The number of imidazole rings is 1. The van der Waals surface area contributed by atoms with Crippen LogP contribution in [-0.2, 0) is 5.54 Å². The molecule has 1 saturated carbocycles. The summed E-state index contributed by atoms with van der Waals surface area (Å²) in [5.41, 5.74) is 8.26. The van der Waals surface area contributed by atoms with Crippen molar-refractivity contribution in [3.63, 3.8) is 0 Å². The number of hydrogen-bond donors (Lipinski definition) is 1. The molecule has 1 aromatic heterocycles. The number of nitrogen functional groups attached to an aromatic ring is 1. The first-order valence-corrected chi connectivity index (χ1v) is 6.48. The van der Waals surface area contributed by atoms with E-state index in [1.165, 1.54) is 19.3 Å². The molecular weight excluding hydrogens is 234 g/mol. The van der Waals surface area contributed by atoms with Crippen molar-refractivity contribution in [2.24, 2.45) is 0 Å². The Labute approximate surface area is 106 Å². The van der Waals surface area contributed by atoms with Gasteiger partial charge in [-0.05, 0) is 43.9 Å². The fourth-order valence-electron chi connectivity index (χ4n) is 2.89. The maximum Gasteiger partial charge on any atom is 0.201 e. The summed E-state index contributed by atoms with van der Waals surface area (Å²) in [7, 11) is 0. The molecule has 3 rings (SSSR count). The molecular formula is C13H16ClN3. The molecule has 0 saturated heterocycles. The van der Waals surface area contributed by atoms with Gasteiger partial charge in [0.15, 0.2) is 0 Å². The van der Waals surface area contributed by atoms with E-state index in [2.05, 4.69) is 16.5 Å². The van der Waals surface area contributed by atoms with Crippen LogP contribution in [-0.4, -0.2) is 9.55 Å². The molecule has 0 radical (unpaired) electrons. The Morgan fingerprint density at radius 3 is 2.82 bits per heavy atom. The monoisotopic (exact) mass is 249 g/mol. The van der Waals surface area contributed by atoms with Gasteiger partial charge in [-0.25, -0.2) is 4.98 Å². The summed E-state index contributed by atoms with van der Waals surface area (Å²) in [6, 6.07) is 5.77. The molecule has 1 heterocycles. The molecule has 90 valence electrons. The number of hydrogen-bond acceptors (Lipinski definition) is 2. The second-order valence-electron chi connectivity index (χ2n) is 4.87. The van der Waals surface area contributed by atoms with Gasteiger partial charge in [0, 0.05) is 10.6 Å². The highest BCUT2D eigenvalue weighted by Gasteiger charge is 2.39. The number of aromatic nitrogens is 2. The number of nitrogens with zero attached hydrogens (tertiary/aromatic N) is 2. The van der Waals surface area contributed by atoms with Crippen molar-refractivity contribution in [3.05, 3.63) is 23.2 Å². The van der Waals surface area contributed by atoms with Crippen molar-refractivity contribution in [2.75, 3.05) is 5.73 Å². The predicted octanol–water partition coefficient (Wildman–Crippen LogP) is 3.56. The molecule has 1 aromatic carbocycles. The molecule has 3 nitrogen and oxygen atoms in total. The third-order valence-electron chi connectivity index (χ3n) is 4.06. The first-order valence-electron chi connectivity index (χ1n) is 6.10. The average Bonchev–Trinajstić information content (AvgIpc) is 2.56. The standard InChI is InChI=1S/C13H16ClN3/c1-2-13(6-3-7-13)17-11-8-9(14)4-5-10(11)16-12(17)15/h4-5,8H,2-3,6-7H2,1H3,(H2,15,16). The quantitative estimate of drug-likeness (QED) is 0.884. The minimum atomic E-state index is 0.170. The van der Waals surface area contributed by atoms with E-state index in [4.69, 9.17) is 17.3 Å². The van der Waals surface area contributed by atoms with Gasteiger partial charge in [-0.2, -0.15) is 0 Å². The van der Waals surface area contributed by atoms with Gasteiger partial charge in [-0.15, -0.1) is 0 Å². The van der Waals surface area contributed by atoms with E-state index in [0.29, 0.717) is 5.95 Å². The Morgan fingerprint density at radius 1 is 1.47 bits per heavy atom. The first kappa shape index (κ1) is 10.9. The summed E-state index contributed by atoms with van der Waals surface area (Å²) in [6.07, 6.45) is 4.74. The van der Waals surface area contributed by atoms with E-state index < -0.39 is 0 Å². The molecule has 1 aliphatic rings. The lowest BCUT2D eigenvalue weighted by atomic mass is 9.74. The van der Waals surface area contributed by atoms with Crippen molar-refractivity contribution in [1.82, 2.24) is 9.55 Å². The molecule has 1 aliphatic carbocycles. The van der Waals surface area contributed by atoms with Crippen LogP contribution in [0.3, 0.4) is 0 Å². The van der Waals surface area contributed by atoms with Crippen LogP contribution >= 0.6 is 11.6 Å². The van der Waals surface area contributed by atoms with Crippen molar-refractivity contribution in [3.8, 4) is 0 Å². The molecule has 0 atom stereocenters. The van der Waals surface area contributed by atoms with Gasteiger partial charge in [0.1, 0.15) is 0 Å². The van der Waals surface area contributed by atoms with E-state index in [1.54, 1.807) is 0 Å². The van der Waals surface area contributed by atoms with E-state index in [1.807, 2.05) is 18.2 Å². The van der Waals surface area contributed by atoms with E-state index in [0.717, 1.165) is 22.5 Å². The lowest BCUT2D eigenvalue weighted by molar-refractivity contribution is 0.144. The zero-order chi connectivity index (χ0) is 12.0. The van der Waals surface area contributed by atoms with Crippen LogP contribution in [0.15, 0.2) is 18.2 Å². The van der Waals surface area contributed by atoms with Crippen molar-refractivity contribution >= 4 is 28.6 Å². The Kier molecular flexibility index (Phi) is 2.33. The molecule has 2 aromatic rings. The molecule has 1 fully saturated rings. The fraction of sp³-hybridized carbons (Fsp3) is 0.462. The smallest absolute Gasteiger partial charge is 0.201 e. The van der Waals surface area contributed by atoms with Gasteiger partial charge in [-0.3, -0.25) is 0 Å².